The number of nitrogen functional groups attached to an aromatic ring is 1. The Hall–Kier alpha value is -1.89. The molecule has 0 aliphatic carbocycles. The van der Waals surface area contributed by atoms with E-state index in [2.05, 4.69) is 21.1 Å². The molecule has 6 nitrogen and oxygen atoms in total. The highest BCUT2D eigenvalue weighted by molar-refractivity contribution is 9.10. The fraction of sp³-hybridized carbons (Fsp3) is 0. The number of nitro benzene ring substituents is 1. The second kappa shape index (κ2) is 3.93. The third-order valence-electron chi connectivity index (χ3n) is 1.97. The zero-order chi connectivity index (χ0) is 11.7. The minimum absolute atomic E-state index is 0.0347. The van der Waals surface area contributed by atoms with Crippen LogP contribution in [0.15, 0.2) is 33.3 Å². The average Bonchev–Trinajstić information content (AvgIpc) is 2.64. The van der Waals surface area contributed by atoms with Crippen molar-refractivity contribution < 1.29 is 9.45 Å². The van der Waals surface area contributed by atoms with Gasteiger partial charge in [-0.25, -0.2) is 0 Å². The Morgan fingerprint density at radius 2 is 2.25 bits per heavy atom. The average molecular weight is 284 g/mol. The summed E-state index contributed by atoms with van der Waals surface area (Å²) < 4.78 is 5.28. The Balaban J connectivity index is 2.58. The van der Waals surface area contributed by atoms with E-state index < -0.39 is 4.92 Å². The SMILES string of the molecule is Nc1cc(-c2cccc([N+](=O)[O-])c2Br)on1. The molecule has 0 amide bonds. The fourth-order valence-corrected chi connectivity index (χ4v) is 1.87. The number of nitrogens with zero attached hydrogens (tertiary/aromatic N) is 2. The molecule has 0 atom stereocenters. The number of halogens is 1. The van der Waals surface area contributed by atoms with Crippen LogP contribution in [0.4, 0.5) is 11.5 Å². The summed E-state index contributed by atoms with van der Waals surface area (Å²) in [6, 6.07) is 6.14. The van der Waals surface area contributed by atoms with Gasteiger partial charge in [0.15, 0.2) is 11.6 Å². The van der Waals surface area contributed by atoms with Gasteiger partial charge >= 0.3 is 0 Å². The van der Waals surface area contributed by atoms with Gasteiger partial charge in [-0.2, -0.15) is 0 Å². The molecular weight excluding hydrogens is 278 g/mol. The first-order chi connectivity index (χ1) is 7.59. The lowest BCUT2D eigenvalue weighted by Crippen LogP contribution is -1.90. The first kappa shape index (κ1) is 10.6. The molecule has 0 unspecified atom stereocenters. The van der Waals surface area contributed by atoms with Crippen molar-refractivity contribution in [3.63, 3.8) is 0 Å². The van der Waals surface area contributed by atoms with E-state index in [1.165, 1.54) is 12.1 Å². The Morgan fingerprint density at radius 3 is 2.81 bits per heavy atom. The number of nitrogens with two attached hydrogens (primary N) is 1. The molecule has 0 bridgehead atoms. The second-order valence-electron chi connectivity index (χ2n) is 3.01. The number of hydrogen-bond donors (Lipinski definition) is 1. The molecule has 0 saturated heterocycles. The maximum Gasteiger partial charge on any atom is 0.284 e. The molecule has 1 heterocycles. The van der Waals surface area contributed by atoms with Gasteiger partial charge in [-0.05, 0) is 22.0 Å². The van der Waals surface area contributed by atoms with Crippen LogP contribution >= 0.6 is 15.9 Å². The predicted octanol–water partition coefficient (Wildman–Crippen LogP) is 2.59. The van der Waals surface area contributed by atoms with E-state index in [-0.39, 0.29) is 11.5 Å². The molecule has 82 valence electrons. The monoisotopic (exact) mass is 283 g/mol. The molecule has 16 heavy (non-hydrogen) atoms. The molecule has 0 saturated carbocycles. The van der Waals surface area contributed by atoms with Gasteiger partial charge < -0.3 is 10.3 Å². The van der Waals surface area contributed by atoms with Crippen LogP contribution in [0.25, 0.3) is 11.3 Å². The highest BCUT2D eigenvalue weighted by Gasteiger charge is 2.18. The molecule has 1 aromatic heterocycles. The fourth-order valence-electron chi connectivity index (χ4n) is 1.27. The molecule has 0 aliphatic rings. The summed E-state index contributed by atoms with van der Waals surface area (Å²) in [5.74, 6) is 0.612. The van der Waals surface area contributed by atoms with Crippen molar-refractivity contribution in [2.24, 2.45) is 0 Å². The van der Waals surface area contributed by atoms with Crippen molar-refractivity contribution in [1.29, 1.82) is 0 Å². The largest absolute Gasteiger partial charge is 0.381 e. The van der Waals surface area contributed by atoms with Crippen molar-refractivity contribution in [2.75, 3.05) is 5.73 Å². The molecule has 7 heteroatoms. The quantitative estimate of drug-likeness (QED) is 0.675. The van der Waals surface area contributed by atoms with Gasteiger partial charge in [-0.3, -0.25) is 10.1 Å². The van der Waals surface area contributed by atoms with Gasteiger partial charge in [0.25, 0.3) is 5.69 Å². The molecule has 2 aromatic rings. The number of aromatic nitrogens is 1. The van der Waals surface area contributed by atoms with Crippen molar-refractivity contribution in [2.45, 2.75) is 0 Å². The van der Waals surface area contributed by atoms with E-state index in [4.69, 9.17) is 10.3 Å². The van der Waals surface area contributed by atoms with Gasteiger partial charge in [0.2, 0.25) is 0 Å². The highest BCUT2D eigenvalue weighted by atomic mass is 79.9. The van der Waals surface area contributed by atoms with Crippen LogP contribution in [0.1, 0.15) is 0 Å². The van der Waals surface area contributed by atoms with E-state index in [1.807, 2.05) is 0 Å². The molecule has 2 N–H and O–H groups in total. The molecule has 2 rings (SSSR count). The Labute approximate surface area is 98.3 Å². The first-order valence-electron chi connectivity index (χ1n) is 4.25. The lowest BCUT2D eigenvalue weighted by molar-refractivity contribution is -0.385. The summed E-state index contributed by atoms with van der Waals surface area (Å²) in [5.41, 5.74) is 5.92. The van der Waals surface area contributed by atoms with Crippen molar-refractivity contribution >= 4 is 27.4 Å². The van der Waals surface area contributed by atoms with Gasteiger partial charge in [0, 0.05) is 17.7 Å². The molecule has 1 aromatic carbocycles. The van der Waals surface area contributed by atoms with Crippen LogP contribution in [0, 0.1) is 10.1 Å². The maximum absolute atomic E-state index is 10.7. The Kier molecular flexibility index (Phi) is 2.61. The summed E-state index contributed by atoms with van der Waals surface area (Å²) in [4.78, 5) is 10.2. The van der Waals surface area contributed by atoms with Gasteiger partial charge in [-0.1, -0.05) is 11.2 Å². The van der Waals surface area contributed by atoms with E-state index in [9.17, 15) is 10.1 Å². The third kappa shape index (κ3) is 1.76. The Bertz CT molecular complexity index is 553. The van der Waals surface area contributed by atoms with Crippen molar-refractivity contribution in [3.8, 4) is 11.3 Å². The molecule has 0 radical (unpaired) electrons. The van der Waals surface area contributed by atoms with Gasteiger partial charge in [-0.15, -0.1) is 0 Å². The zero-order valence-electron chi connectivity index (χ0n) is 7.88. The van der Waals surface area contributed by atoms with Crippen molar-refractivity contribution in [3.05, 3.63) is 38.9 Å². The smallest absolute Gasteiger partial charge is 0.284 e. The van der Waals surface area contributed by atoms with Gasteiger partial charge in [0.05, 0.1) is 4.92 Å². The zero-order valence-corrected chi connectivity index (χ0v) is 9.47. The number of hydrogen-bond acceptors (Lipinski definition) is 5. The van der Waals surface area contributed by atoms with Gasteiger partial charge in [0.1, 0.15) is 4.47 Å². The van der Waals surface area contributed by atoms with Crippen LogP contribution in [0.3, 0.4) is 0 Å². The van der Waals surface area contributed by atoms with E-state index in [0.29, 0.717) is 15.8 Å². The molecule has 0 spiro atoms. The van der Waals surface area contributed by atoms with Crippen LogP contribution < -0.4 is 5.73 Å². The summed E-state index contributed by atoms with van der Waals surface area (Å²) in [6.45, 7) is 0. The molecular formula is C9H6BrN3O3. The summed E-state index contributed by atoms with van der Waals surface area (Å²) in [7, 11) is 0. The van der Waals surface area contributed by atoms with Crippen LogP contribution in [0.2, 0.25) is 0 Å². The first-order valence-corrected chi connectivity index (χ1v) is 5.04. The normalized spacial score (nSPS) is 10.3. The van der Waals surface area contributed by atoms with E-state index in [1.54, 1.807) is 12.1 Å². The number of anilines is 1. The molecule has 0 fully saturated rings. The standard InChI is InChI=1S/C9H6BrN3O3/c10-9-5(7-4-8(11)12-16-7)2-1-3-6(9)13(14)15/h1-4H,(H2,11,12). The third-order valence-corrected chi connectivity index (χ3v) is 2.80. The highest BCUT2D eigenvalue weighted by Crippen LogP contribution is 2.35. The summed E-state index contributed by atoms with van der Waals surface area (Å²) in [5, 5.41) is 14.2. The second-order valence-corrected chi connectivity index (χ2v) is 3.80. The summed E-state index contributed by atoms with van der Waals surface area (Å²) >= 11 is 3.16. The lowest BCUT2D eigenvalue weighted by atomic mass is 10.1. The van der Waals surface area contributed by atoms with Crippen LogP contribution in [-0.4, -0.2) is 10.1 Å². The minimum atomic E-state index is -0.479. The number of rotatable bonds is 2. The number of nitro groups is 1. The molecule has 0 aliphatic heterocycles. The van der Waals surface area contributed by atoms with Crippen LogP contribution in [-0.2, 0) is 0 Å². The van der Waals surface area contributed by atoms with E-state index >= 15 is 0 Å². The Morgan fingerprint density at radius 1 is 1.50 bits per heavy atom. The van der Waals surface area contributed by atoms with E-state index in [0.717, 1.165) is 0 Å². The minimum Gasteiger partial charge on any atom is -0.381 e. The van der Waals surface area contributed by atoms with Crippen molar-refractivity contribution in [1.82, 2.24) is 5.16 Å². The summed E-state index contributed by atoms with van der Waals surface area (Å²) in [6.07, 6.45) is 0. The number of benzene rings is 1. The maximum atomic E-state index is 10.7. The predicted molar refractivity (Wildman–Crippen MR) is 60.7 cm³/mol. The topological polar surface area (TPSA) is 95.2 Å². The van der Waals surface area contributed by atoms with Crippen LogP contribution in [0.5, 0.6) is 0 Å². The lowest BCUT2D eigenvalue weighted by Gasteiger charge is -2.00.